The maximum atomic E-state index is 9.28. The van der Waals surface area contributed by atoms with Gasteiger partial charge >= 0.3 is 0 Å². The number of thiophene rings is 1. The van der Waals surface area contributed by atoms with E-state index in [1.54, 1.807) is 18.2 Å². The van der Waals surface area contributed by atoms with Crippen LogP contribution in [-0.4, -0.2) is 24.2 Å². The molecule has 0 spiro atoms. The van der Waals surface area contributed by atoms with Crippen molar-refractivity contribution in [1.82, 2.24) is 4.90 Å². The molecule has 1 aromatic heterocycles. The van der Waals surface area contributed by atoms with Crippen molar-refractivity contribution in [2.75, 3.05) is 11.9 Å². The number of anilines is 1. The highest BCUT2D eigenvalue weighted by molar-refractivity contribution is 7.30. The van der Waals surface area contributed by atoms with E-state index in [1.807, 2.05) is 18.3 Å². The molecule has 2 unspecified atom stereocenters. The zero-order valence-corrected chi connectivity index (χ0v) is 47.5. The normalized spacial score (nSPS) is 25.1. The molecule has 2 saturated carbocycles. The Hall–Kier alpha value is -5.06. The Labute approximate surface area is 461 Å². The first-order valence-electron chi connectivity index (χ1n) is 32.0. The van der Waals surface area contributed by atoms with E-state index in [0.717, 1.165) is 56.0 Å². The summed E-state index contributed by atoms with van der Waals surface area (Å²) >= 11 is 1.83. The number of allylic oxidation sites excluding steroid dienone is 5. The van der Waals surface area contributed by atoms with Crippen LogP contribution in [0.1, 0.15) is 173 Å². The molecule has 0 amide bonds. The first-order chi connectivity index (χ1) is 38.4. The van der Waals surface area contributed by atoms with Crippen LogP contribution in [-0.2, 0) is 10.8 Å². The van der Waals surface area contributed by atoms with Gasteiger partial charge in [0.1, 0.15) is 0 Å². The van der Waals surface area contributed by atoms with Gasteiger partial charge in [-0.1, -0.05) is 197 Å². The number of nitrogens with one attached hydrogen (secondary N) is 1. The summed E-state index contributed by atoms with van der Waals surface area (Å²) in [6.45, 7) is 42.4. The third kappa shape index (κ3) is 10.5. The second-order valence-corrected chi connectivity index (χ2v) is 27.2. The smallest absolute Gasteiger partial charge is 0.248 e. The summed E-state index contributed by atoms with van der Waals surface area (Å²) in [6.07, 6.45) is 14.9. The van der Waals surface area contributed by atoms with E-state index in [9.17, 15) is 2.74 Å². The number of nitrogens with zero attached hydrogens (tertiary/aromatic N) is 1. The summed E-state index contributed by atoms with van der Waals surface area (Å²) < 4.78 is 91.0. The number of rotatable bonds is 12. The molecule has 382 valence electrons. The molecule has 1 N–H and O–H groups in total. The van der Waals surface area contributed by atoms with Crippen molar-refractivity contribution >= 4 is 38.6 Å². The number of benzene rings is 4. The van der Waals surface area contributed by atoms with Gasteiger partial charge in [-0.2, -0.15) is 0 Å². The second kappa shape index (κ2) is 19.6. The van der Waals surface area contributed by atoms with Gasteiger partial charge in [0.2, 0.25) is 6.71 Å². The molecule has 4 aromatic carbocycles. The van der Waals surface area contributed by atoms with Crippen molar-refractivity contribution in [3.05, 3.63) is 179 Å². The Morgan fingerprint density at radius 2 is 1.33 bits per heavy atom. The minimum atomic E-state index is -0.531. The Morgan fingerprint density at radius 1 is 0.740 bits per heavy atom. The maximum Gasteiger partial charge on any atom is 0.248 e. The van der Waals surface area contributed by atoms with Crippen LogP contribution in [0.15, 0.2) is 168 Å². The summed E-state index contributed by atoms with van der Waals surface area (Å²) in [4.78, 5) is 2.47. The average Bonchev–Trinajstić information content (AvgIpc) is 3.91. The summed E-state index contributed by atoms with van der Waals surface area (Å²) in [5.41, 5.74) is 10.9. The lowest BCUT2D eigenvalue weighted by atomic mass is 9.40. The number of hydrogen-bond acceptors (Lipinski definition) is 3. The van der Waals surface area contributed by atoms with Gasteiger partial charge in [0.05, 0.1) is 13.7 Å². The van der Waals surface area contributed by atoms with E-state index >= 15 is 0 Å². The molecule has 0 saturated heterocycles. The third-order valence-corrected chi connectivity index (χ3v) is 19.2. The lowest BCUT2D eigenvalue weighted by Gasteiger charge is -2.49. The molecule has 0 bridgehead atoms. The van der Waals surface area contributed by atoms with Gasteiger partial charge in [0.25, 0.3) is 0 Å². The summed E-state index contributed by atoms with van der Waals surface area (Å²) in [5.74, 6) is 2.70. The van der Waals surface area contributed by atoms with Gasteiger partial charge in [-0.3, -0.25) is 0 Å². The Bertz CT molecular complexity index is 3530. The van der Waals surface area contributed by atoms with Crippen LogP contribution in [0.4, 0.5) is 5.69 Å². The van der Waals surface area contributed by atoms with Crippen molar-refractivity contribution in [2.24, 2.45) is 27.6 Å². The predicted molar refractivity (Wildman–Crippen MR) is 322 cm³/mol. The van der Waals surface area contributed by atoms with Crippen molar-refractivity contribution in [1.29, 1.82) is 0 Å². The molecule has 2 fully saturated rings. The van der Waals surface area contributed by atoms with Gasteiger partial charge in [-0.25, -0.2) is 0 Å². The lowest BCUT2D eigenvalue weighted by molar-refractivity contribution is 0.120. The van der Waals surface area contributed by atoms with Crippen LogP contribution in [0.3, 0.4) is 0 Å². The van der Waals surface area contributed by atoms with Crippen LogP contribution >= 0.6 is 11.3 Å². The largest absolute Gasteiger partial charge is 0.378 e. The first kappa shape index (κ1) is 41.2. The van der Waals surface area contributed by atoms with Gasteiger partial charge in [-0.15, -0.1) is 17.9 Å². The van der Waals surface area contributed by atoms with E-state index in [0.29, 0.717) is 29.8 Å². The Kier molecular flexibility index (Phi) is 11.1. The fourth-order valence-corrected chi connectivity index (χ4v) is 14.0. The molecule has 2 atom stereocenters. The van der Waals surface area contributed by atoms with Gasteiger partial charge in [0, 0.05) is 34.2 Å². The highest BCUT2D eigenvalue weighted by atomic mass is 32.1. The first-order valence-corrected chi connectivity index (χ1v) is 27.8. The molecule has 9 rings (SSSR count). The molecule has 4 aliphatic rings. The fourth-order valence-electron chi connectivity index (χ4n) is 12.8. The van der Waals surface area contributed by atoms with Crippen LogP contribution in [0, 0.1) is 27.6 Å². The Morgan fingerprint density at radius 3 is 1.96 bits per heavy atom. The molecule has 1 aliphatic heterocycles. The highest BCUT2D eigenvalue weighted by Gasteiger charge is 2.45. The van der Waals surface area contributed by atoms with E-state index in [4.69, 9.17) is 17.5 Å². The maximum absolute atomic E-state index is 9.28. The SMILES string of the molecule is [2H]c1c([2H])c([2H])c(-c2ccc(-c3c([2H])c([2H])c([2H])c([2H])c3[2H])c(NC(CC(=C)C)C3=CN(C/C=C4\C(=C/C)C(C)(C)CCC4(C)C)C(CC4C(=C)C(C)(C)CCC4(C)C)=CB3c3cc4cc5c(cc4s3)C(C)(C)CCC5(C)C)c2)c([2H])c1[2H]. The molecule has 4 heteroatoms. The van der Waals surface area contributed by atoms with Crippen molar-refractivity contribution in [3.8, 4) is 22.3 Å². The van der Waals surface area contributed by atoms with E-state index < -0.39 is 42.3 Å². The molecular weight excluding hydrogens is 900 g/mol. The number of fused-ring (bicyclic) bond motifs is 2. The molecule has 2 nitrogen and oxygen atoms in total. The van der Waals surface area contributed by atoms with Crippen molar-refractivity contribution < 1.29 is 13.7 Å². The van der Waals surface area contributed by atoms with Gasteiger partial charge in [-0.05, 0) is 183 Å². The highest BCUT2D eigenvalue weighted by Crippen LogP contribution is 2.55. The molecular formula is C69H87BN2S. The topological polar surface area (TPSA) is 15.3 Å². The second-order valence-electron chi connectivity index (χ2n) is 26.1. The third-order valence-electron chi connectivity index (χ3n) is 18.0. The minimum Gasteiger partial charge on any atom is -0.378 e. The van der Waals surface area contributed by atoms with Crippen LogP contribution in [0.25, 0.3) is 32.3 Å². The zero-order chi connectivity index (χ0) is 61.2. The molecule has 2 heterocycles. The van der Waals surface area contributed by atoms with Crippen LogP contribution in [0.2, 0.25) is 0 Å². The van der Waals surface area contributed by atoms with Crippen molar-refractivity contribution in [2.45, 2.75) is 165 Å². The molecule has 3 aliphatic carbocycles. The van der Waals surface area contributed by atoms with E-state index in [2.05, 4.69) is 149 Å². The van der Waals surface area contributed by atoms with Crippen molar-refractivity contribution in [3.63, 3.8) is 0 Å². The lowest BCUT2D eigenvalue weighted by Crippen LogP contribution is -2.44. The number of hydrogen-bond donors (Lipinski definition) is 1. The standard InChI is InChI=1S/C69H87BN2S/c1-17-54-55(66(9,10)34-33-65(54,7)8)30-37-72-45-59(61(38-46(2)3)71-60-40-50(48-24-20-18-21-25-48)28-29-53(60)49-26-22-19-23-27-49)70(44-52(72)42-56-47(4)64(5,6)31-32-67(56,11)12)63-41-51-39-57-58(43-62(51)73-63)69(15,16)36-35-68(57,13)14/h17-30,39-41,43-45,56,61,71H,2,4,31-38,42H2,1,3,5-16H3/b54-17+,55-30+/i18D,19D,20D,21D,22D,23D,24D,25D,26D,27D. The minimum absolute atomic E-state index is 0.00121. The predicted octanol–water partition coefficient (Wildman–Crippen LogP) is 19.0. The fraction of sp³-hybridized carbons (Fsp3) is 0.449. The van der Waals surface area contributed by atoms with Crippen LogP contribution < -0.4 is 10.1 Å². The quantitative estimate of drug-likeness (QED) is 0.0990. The molecule has 73 heavy (non-hydrogen) atoms. The van der Waals surface area contributed by atoms with Gasteiger partial charge in [0.15, 0.2) is 0 Å². The molecule has 0 radical (unpaired) electrons. The molecule has 5 aromatic rings. The van der Waals surface area contributed by atoms with E-state index in [1.165, 1.54) is 48.4 Å². The zero-order valence-electron chi connectivity index (χ0n) is 56.6. The van der Waals surface area contributed by atoms with Gasteiger partial charge < -0.3 is 10.2 Å². The average molecular weight is 997 g/mol. The monoisotopic (exact) mass is 997 g/mol. The Balaban J connectivity index is 1.33. The summed E-state index contributed by atoms with van der Waals surface area (Å²) in [6, 6.07) is 7.34. The summed E-state index contributed by atoms with van der Waals surface area (Å²) in [7, 11) is 0. The van der Waals surface area contributed by atoms with Crippen LogP contribution in [0.5, 0.6) is 0 Å². The summed E-state index contributed by atoms with van der Waals surface area (Å²) in [5, 5.41) is 5.14. The van der Waals surface area contributed by atoms with E-state index in [-0.39, 0.29) is 80.4 Å².